The second-order valence-corrected chi connectivity index (χ2v) is 8.53. The van der Waals surface area contributed by atoms with Crippen LogP contribution in [0.5, 0.6) is 0 Å². The Hall–Kier alpha value is -3.99. The Kier molecular flexibility index (Phi) is 6.08. The van der Waals surface area contributed by atoms with E-state index >= 15 is 0 Å². The SMILES string of the molecule is Cc1ccc(-n2c(SCc3nc(-c4cccc(C(F)(F)F)c4)no3)nnc2-c2ccncc2)cc1. The lowest BCUT2D eigenvalue weighted by molar-refractivity contribution is -0.137. The predicted molar refractivity (Wildman–Crippen MR) is 124 cm³/mol. The van der Waals surface area contributed by atoms with Gasteiger partial charge in [-0.2, -0.15) is 18.2 Å². The van der Waals surface area contributed by atoms with Crippen molar-refractivity contribution in [3.63, 3.8) is 0 Å². The summed E-state index contributed by atoms with van der Waals surface area (Å²) in [5.41, 5.74) is 2.30. The van der Waals surface area contributed by atoms with E-state index in [2.05, 4.69) is 25.3 Å². The highest BCUT2D eigenvalue weighted by Gasteiger charge is 2.30. The molecule has 176 valence electrons. The monoisotopic (exact) mass is 494 g/mol. The largest absolute Gasteiger partial charge is 0.416 e. The molecule has 5 rings (SSSR count). The molecule has 0 N–H and O–H groups in total. The molecule has 7 nitrogen and oxygen atoms in total. The van der Waals surface area contributed by atoms with Crippen molar-refractivity contribution >= 4 is 11.8 Å². The van der Waals surface area contributed by atoms with E-state index < -0.39 is 11.7 Å². The lowest BCUT2D eigenvalue weighted by Gasteiger charge is -2.10. The summed E-state index contributed by atoms with van der Waals surface area (Å²) in [6.45, 7) is 2.01. The van der Waals surface area contributed by atoms with E-state index in [-0.39, 0.29) is 23.0 Å². The van der Waals surface area contributed by atoms with Crippen LogP contribution >= 0.6 is 11.8 Å². The second kappa shape index (κ2) is 9.34. The first-order valence-corrected chi connectivity index (χ1v) is 11.4. The molecule has 0 saturated heterocycles. The fraction of sp³-hybridized carbons (Fsp3) is 0.125. The quantitative estimate of drug-likeness (QED) is 0.268. The van der Waals surface area contributed by atoms with Gasteiger partial charge in [0.05, 0.1) is 11.3 Å². The summed E-state index contributed by atoms with van der Waals surface area (Å²) in [4.78, 5) is 8.33. The van der Waals surface area contributed by atoms with Crippen LogP contribution in [0.4, 0.5) is 13.2 Å². The Morgan fingerprint density at radius 3 is 2.46 bits per heavy atom. The molecule has 0 amide bonds. The van der Waals surface area contributed by atoms with Gasteiger partial charge in [0.15, 0.2) is 11.0 Å². The van der Waals surface area contributed by atoms with Crippen molar-refractivity contribution in [1.82, 2.24) is 29.9 Å². The molecule has 3 heterocycles. The summed E-state index contributed by atoms with van der Waals surface area (Å²) in [5, 5.41) is 13.2. The molecular formula is C24H17F3N6OS. The molecule has 0 fully saturated rings. The lowest BCUT2D eigenvalue weighted by atomic mass is 10.1. The van der Waals surface area contributed by atoms with Gasteiger partial charge in [-0.25, -0.2) is 0 Å². The molecule has 0 aliphatic carbocycles. The van der Waals surface area contributed by atoms with Gasteiger partial charge in [0.25, 0.3) is 0 Å². The smallest absolute Gasteiger partial charge is 0.338 e. The molecular weight excluding hydrogens is 477 g/mol. The number of alkyl halides is 3. The number of thioether (sulfide) groups is 1. The molecule has 2 aromatic carbocycles. The Labute approximate surface area is 202 Å². The third kappa shape index (κ3) is 4.94. The lowest BCUT2D eigenvalue weighted by Crippen LogP contribution is -2.04. The molecule has 0 bridgehead atoms. The fourth-order valence-electron chi connectivity index (χ4n) is 3.37. The van der Waals surface area contributed by atoms with E-state index in [1.165, 1.54) is 23.9 Å². The Balaban J connectivity index is 1.42. The van der Waals surface area contributed by atoms with Gasteiger partial charge in [-0.15, -0.1) is 10.2 Å². The van der Waals surface area contributed by atoms with Crippen LogP contribution in [0, 0.1) is 6.92 Å². The summed E-state index contributed by atoms with van der Waals surface area (Å²) < 4.78 is 46.3. The molecule has 35 heavy (non-hydrogen) atoms. The Bertz CT molecular complexity index is 1450. The minimum Gasteiger partial charge on any atom is -0.338 e. The van der Waals surface area contributed by atoms with E-state index in [1.54, 1.807) is 12.4 Å². The van der Waals surface area contributed by atoms with Crippen molar-refractivity contribution in [1.29, 1.82) is 0 Å². The Morgan fingerprint density at radius 1 is 0.943 bits per heavy atom. The normalized spacial score (nSPS) is 11.7. The maximum absolute atomic E-state index is 13.0. The number of rotatable bonds is 6. The van der Waals surface area contributed by atoms with Gasteiger partial charge in [0.2, 0.25) is 11.7 Å². The standard InChI is InChI=1S/C24H17F3N6OS/c1-15-5-7-19(8-6-15)33-22(16-9-11-28-12-10-16)30-31-23(33)35-14-20-29-21(32-34-20)17-3-2-4-18(13-17)24(25,26)27/h2-13H,14H2,1H3. The van der Waals surface area contributed by atoms with Crippen molar-refractivity contribution in [2.24, 2.45) is 0 Å². The van der Waals surface area contributed by atoms with Crippen LogP contribution in [0.1, 0.15) is 17.0 Å². The van der Waals surface area contributed by atoms with Crippen LogP contribution in [-0.4, -0.2) is 29.9 Å². The van der Waals surface area contributed by atoms with Gasteiger partial charge in [-0.3, -0.25) is 9.55 Å². The molecule has 0 aliphatic heterocycles. The number of pyridine rings is 1. The maximum Gasteiger partial charge on any atom is 0.416 e. The van der Waals surface area contributed by atoms with Gasteiger partial charge in [0.1, 0.15) is 0 Å². The van der Waals surface area contributed by atoms with Crippen LogP contribution in [0.3, 0.4) is 0 Å². The average Bonchev–Trinajstić information content (AvgIpc) is 3.51. The van der Waals surface area contributed by atoms with Crippen molar-refractivity contribution in [2.45, 2.75) is 24.0 Å². The molecule has 0 aliphatic rings. The first-order chi connectivity index (χ1) is 16.9. The molecule has 0 spiro atoms. The number of aromatic nitrogens is 6. The van der Waals surface area contributed by atoms with E-state index in [9.17, 15) is 13.2 Å². The molecule has 0 atom stereocenters. The van der Waals surface area contributed by atoms with Crippen molar-refractivity contribution < 1.29 is 17.7 Å². The predicted octanol–water partition coefficient (Wildman–Crippen LogP) is 6.00. The number of benzene rings is 2. The number of hydrogen-bond acceptors (Lipinski definition) is 7. The number of nitrogens with zero attached hydrogens (tertiary/aromatic N) is 6. The fourth-order valence-corrected chi connectivity index (χ4v) is 4.16. The molecule has 0 saturated carbocycles. The average molecular weight is 495 g/mol. The van der Waals surface area contributed by atoms with Gasteiger partial charge >= 0.3 is 6.18 Å². The van der Waals surface area contributed by atoms with E-state index in [0.717, 1.165) is 28.9 Å². The first kappa shape index (κ1) is 22.8. The maximum atomic E-state index is 13.0. The van der Waals surface area contributed by atoms with Crippen LogP contribution in [0.25, 0.3) is 28.5 Å². The molecule has 0 unspecified atom stereocenters. The summed E-state index contributed by atoms with van der Waals surface area (Å²) in [6, 6.07) is 16.5. The summed E-state index contributed by atoms with van der Waals surface area (Å²) in [5.74, 6) is 1.25. The minimum absolute atomic E-state index is 0.0872. The van der Waals surface area contributed by atoms with Gasteiger partial charge in [0, 0.05) is 29.2 Å². The molecule has 11 heteroatoms. The van der Waals surface area contributed by atoms with Crippen molar-refractivity contribution in [3.8, 4) is 28.5 Å². The van der Waals surface area contributed by atoms with Gasteiger partial charge < -0.3 is 4.52 Å². The summed E-state index contributed by atoms with van der Waals surface area (Å²) in [6.07, 6.45) is -1.08. The van der Waals surface area contributed by atoms with Crippen LogP contribution < -0.4 is 0 Å². The highest BCUT2D eigenvalue weighted by molar-refractivity contribution is 7.98. The summed E-state index contributed by atoms with van der Waals surface area (Å²) in [7, 11) is 0. The first-order valence-electron chi connectivity index (χ1n) is 10.4. The van der Waals surface area contributed by atoms with Crippen LogP contribution in [0.15, 0.2) is 82.7 Å². The molecule has 5 aromatic rings. The highest BCUT2D eigenvalue weighted by Crippen LogP contribution is 2.32. The van der Waals surface area contributed by atoms with Crippen LogP contribution in [0.2, 0.25) is 0 Å². The van der Waals surface area contributed by atoms with Crippen molar-refractivity contribution in [2.75, 3.05) is 0 Å². The zero-order valence-electron chi connectivity index (χ0n) is 18.3. The van der Waals surface area contributed by atoms with E-state index in [0.29, 0.717) is 11.0 Å². The topological polar surface area (TPSA) is 82.5 Å². The van der Waals surface area contributed by atoms with Crippen LogP contribution in [-0.2, 0) is 11.9 Å². The van der Waals surface area contributed by atoms with E-state index in [4.69, 9.17) is 4.52 Å². The third-order valence-electron chi connectivity index (χ3n) is 5.10. The number of hydrogen-bond donors (Lipinski definition) is 0. The molecule has 0 radical (unpaired) electrons. The molecule has 3 aromatic heterocycles. The van der Waals surface area contributed by atoms with Crippen molar-refractivity contribution in [3.05, 3.63) is 90.1 Å². The van der Waals surface area contributed by atoms with Gasteiger partial charge in [-0.05, 0) is 43.3 Å². The van der Waals surface area contributed by atoms with Gasteiger partial charge in [-0.1, -0.05) is 46.7 Å². The highest BCUT2D eigenvalue weighted by atomic mass is 32.2. The van der Waals surface area contributed by atoms with E-state index in [1.807, 2.05) is 47.9 Å². The zero-order chi connectivity index (χ0) is 24.4. The summed E-state index contributed by atoms with van der Waals surface area (Å²) >= 11 is 1.33. The zero-order valence-corrected chi connectivity index (χ0v) is 19.1. The number of aryl methyl sites for hydroxylation is 1. The second-order valence-electron chi connectivity index (χ2n) is 7.59. The minimum atomic E-state index is -4.45. The third-order valence-corrected chi connectivity index (χ3v) is 6.02. The Morgan fingerprint density at radius 2 is 1.71 bits per heavy atom. The number of halogens is 3.